The lowest BCUT2D eigenvalue weighted by Crippen LogP contribution is -2.15. The molecule has 0 fully saturated rings. The van der Waals surface area contributed by atoms with Gasteiger partial charge < -0.3 is 16.0 Å². The number of nitrogen functional groups attached to an aromatic ring is 1. The molecule has 0 saturated carbocycles. The number of carbonyl (C=O) groups excluding carboxylic acids is 1. The SMILES string of the molecule is CN(C)c1ccc(NC(=O)CSc2ncc(C#N)c(N)n2)cc1. The molecule has 0 spiro atoms. The smallest absolute Gasteiger partial charge is 0.234 e. The highest BCUT2D eigenvalue weighted by Gasteiger charge is 2.08. The maximum Gasteiger partial charge on any atom is 0.234 e. The van der Waals surface area contributed by atoms with Crippen molar-refractivity contribution in [2.24, 2.45) is 0 Å². The number of anilines is 3. The highest BCUT2D eigenvalue weighted by atomic mass is 32.2. The number of hydrogen-bond donors (Lipinski definition) is 2. The van der Waals surface area contributed by atoms with Crippen LogP contribution in [0.1, 0.15) is 5.56 Å². The fourth-order valence-electron chi connectivity index (χ4n) is 1.70. The molecule has 0 aliphatic heterocycles. The fourth-order valence-corrected chi connectivity index (χ4v) is 2.33. The molecule has 1 aromatic heterocycles. The van der Waals surface area contributed by atoms with Crippen molar-refractivity contribution < 1.29 is 4.79 Å². The third kappa shape index (κ3) is 4.59. The van der Waals surface area contributed by atoms with E-state index in [1.54, 1.807) is 0 Å². The van der Waals surface area contributed by atoms with Crippen molar-refractivity contribution in [3.8, 4) is 6.07 Å². The highest BCUT2D eigenvalue weighted by Crippen LogP contribution is 2.18. The molecule has 7 nitrogen and oxygen atoms in total. The van der Waals surface area contributed by atoms with Crippen molar-refractivity contribution >= 4 is 34.9 Å². The van der Waals surface area contributed by atoms with Crippen molar-refractivity contribution in [1.29, 1.82) is 5.26 Å². The molecule has 118 valence electrons. The number of rotatable bonds is 5. The summed E-state index contributed by atoms with van der Waals surface area (Å²) < 4.78 is 0. The number of hydrogen-bond acceptors (Lipinski definition) is 7. The van der Waals surface area contributed by atoms with E-state index in [0.717, 1.165) is 23.1 Å². The van der Waals surface area contributed by atoms with Crippen LogP contribution in [-0.2, 0) is 4.79 Å². The zero-order valence-electron chi connectivity index (χ0n) is 12.8. The van der Waals surface area contributed by atoms with Crippen LogP contribution in [-0.4, -0.2) is 35.7 Å². The van der Waals surface area contributed by atoms with E-state index < -0.39 is 0 Å². The van der Waals surface area contributed by atoms with E-state index in [4.69, 9.17) is 11.0 Å². The standard InChI is InChI=1S/C15H16N6OS/c1-21(2)12-5-3-11(4-6-12)19-13(22)9-23-15-18-8-10(7-16)14(17)20-15/h3-6,8H,9H2,1-2H3,(H,19,22)(H2,17,18,20). The van der Waals surface area contributed by atoms with Gasteiger partial charge in [0.25, 0.3) is 0 Å². The van der Waals surface area contributed by atoms with Gasteiger partial charge in [0.15, 0.2) is 5.16 Å². The first-order chi connectivity index (χ1) is 11.0. The normalized spacial score (nSPS) is 9.96. The van der Waals surface area contributed by atoms with Gasteiger partial charge in [0.05, 0.1) is 11.9 Å². The summed E-state index contributed by atoms with van der Waals surface area (Å²) in [4.78, 5) is 21.9. The minimum Gasteiger partial charge on any atom is -0.382 e. The van der Waals surface area contributed by atoms with Gasteiger partial charge in [-0.25, -0.2) is 9.97 Å². The zero-order valence-corrected chi connectivity index (χ0v) is 13.6. The van der Waals surface area contributed by atoms with Gasteiger partial charge in [-0.3, -0.25) is 4.79 Å². The zero-order chi connectivity index (χ0) is 16.8. The largest absolute Gasteiger partial charge is 0.382 e. The van der Waals surface area contributed by atoms with Crippen LogP contribution in [0.3, 0.4) is 0 Å². The molecule has 0 aliphatic carbocycles. The maximum absolute atomic E-state index is 11.9. The second kappa shape index (κ2) is 7.47. The van der Waals surface area contributed by atoms with Crippen LogP contribution in [0.4, 0.5) is 17.2 Å². The first-order valence-electron chi connectivity index (χ1n) is 6.72. The summed E-state index contributed by atoms with van der Waals surface area (Å²) in [5.41, 5.74) is 7.61. The molecule has 0 aliphatic rings. The molecule has 0 bridgehead atoms. The van der Waals surface area contributed by atoms with Crippen molar-refractivity contribution in [1.82, 2.24) is 9.97 Å². The average Bonchev–Trinajstić information content (AvgIpc) is 2.53. The van der Waals surface area contributed by atoms with E-state index in [9.17, 15) is 4.79 Å². The molecule has 2 aromatic rings. The lowest BCUT2D eigenvalue weighted by molar-refractivity contribution is -0.113. The highest BCUT2D eigenvalue weighted by molar-refractivity contribution is 7.99. The molecule has 2 rings (SSSR count). The summed E-state index contributed by atoms with van der Waals surface area (Å²) in [6, 6.07) is 9.42. The first kappa shape index (κ1) is 16.6. The summed E-state index contributed by atoms with van der Waals surface area (Å²) in [6.45, 7) is 0. The Labute approximate surface area is 138 Å². The molecule has 1 heterocycles. The number of nitriles is 1. The molecule has 0 radical (unpaired) electrons. The summed E-state index contributed by atoms with van der Waals surface area (Å²) in [5.74, 6) is 0.102. The van der Waals surface area contributed by atoms with Gasteiger partial charge in [0, 0.05) is 25.5 Å². The average molecular weight is 328 g/mol. The summed E-state index contributed by atoms with van der Waals surface area (Å²) >= 11 is 1.16. The van der Waals surface area contributed by atoms with E-state index >= 15 is 0 Å². The van der Waals surface area contributed by atoms with Gasteiger partial charge in [0.2, 0.25) is 5.91 Å². The summed E-state index contributed by atoms with van der Waals surface area (Å²) in [7, 11) is 3.90. The predicted octanol–water partition coefficient (Wildman–Crippen LogP) is 1.73. The Bertz CT molecular complexity index is 739. The number of nitrogens with one attached hydrogen (secondary N) is 1. The predicted molar refractivity (Wildman–Crippen MR) is 91.3 cm³/mol. The second-order valence-electron chi connectivity index (χ2n) is 4.84. The number of aromatic nitrogens is 2. The van der Waals surface area contributed by atoms with E-state index in [1.807, 2.05) is 49.3 Å². The van der Waals surface area contributed by atoms with Gasteiger partial charge in [-0.15, -0.1) is 0 Å². The first-order valence-corrected chi connectivity index (χ1v) is 7.71. The van der Waals surface area contributed by atoms with E-state index in [2.05, 4.69) is 15.3 Å². The number of benzene rings is 1. The van der Waals surface area contributed by atoms with Crippen LogP contribution < -0.4 is 16.0 Å². The van der Waals surface area contributed by atoms with Crippen LogP contribution in [0, 0.1) is 11.3 Å². The van der Waals surface area contributed by atoms with Crippen LogP contribution in [0.25, 0.3) is 0 Å². The molecular weight excluding hydrogens is 312 g/mol. The molecule has 23 heavy (non-hydrogen) atoms. The van der Waals surface area contributed by atoms with E-state index in [0.29, 0.717) is 5.16 Å². The van der Waals surface area contributed by atoms with E-state index in [-0.39, 0.29) is 23.0 Å². The van der Waals surface area contributed by atoms with Crippen LogP contribution in [0.5, 0.6) is 0 Å². The monoisotopic (exact) mass is 328 g/mol. The number of nitrogens with two attached hydrogens (primary N) is 1. The van der Waals surface area contributed by atoms with Crippen molar-refractivity contribution in [3.63, 3.8) is 0 Å². The minimum atomic E-state index is -0.167. The van der Waals surface area contributed by atoms with Crippen LogP contribution >= 0.6 is 11.8 Å². The number of nitrogens with zero attached hydrogens (tertiary/aromatic N) is 4. The van der Waals surface area contributed by atoms with Crippen molar-refractivity contribution in [3.05, 3.63) is 36.0 Å². The van der Waals surface area contributed by atoms with Crippen LogP contribution in [0.15, 0.2) is 35.6 Å². The second-order valence-corrected chi connectivity index (χ2v) is 5.78. The van der Waals surface area contributed by atoms with Gasteiger partial charge in [-0.1, -0.05) is 11.8 Å². The molecule has 0 atom stereocenters. The number of amides is 1. The quantitative estimate of drug-likeness (QED) is 0.635. The topological polar surface area (TPSA) is 108 Å². The lowest BCUT2D eigenvalue weighted by Gasteiger charge is -2.13. The van der Waals surface area contributed by atoms with Gasteiger partial charge in [-0.05, 0) is 24.3 Å². The Kier molecular flexibility index (Phi) is 5.38. The summed E-state index contributed by atoms with van der Waals surface area (Å²) in [6.07, 6.45) is 1.35. The summed E-state index contributed by atoms with van der Waals surface area (Å²) in [5, 5.41) is 11.9. The Morgan fingerprint density at radius 3 is 2.65 bits per heavy atom. The Hall–Kier alpha value is -2.79. The van der Waals surface area contributed by atoms with Crippen molar-refractivity contribution in [2.45, 2.75) is 5.16 Å². The molecule has 0 unspecified atom stereocenters. The van der Waals surface area contributed by atoms with Crippen LogP contribution in [0.2, 0.25) is 0 Å². The molecule has 8 heteroatoms. The minimum absolute atomic E-state index is 0.115. The molecule has 0 saturated heterocycles. The lowest BCUT2D eigenvalue weighted by atomic mass is 10.2. The van der Waals surface area contributed by atoms with Gasteiger partial charge in [0.1, 0.15) is 17.5 Å². The third-order valence-corrected chi connectivity index (χ3v) is 3.78. The fraction of sp³-hybridized carbons (Fsp3) is 0.200. The van der Waals surface area contributed by atoms with Gasteiger partial charge in [-0.2, -0.15) is 5.26 Å². The third-order valence-electron chi connectivity index (χ3n) is 2.92. The van der Waals surface area contributed by atoms with Crippen molar-refractivity contribution in [2.75, 3.05) is 35.8 Å². The van der Waals surface area contributed by atoms with Gasteiger partial charge >= 0.3 is 0 Å². The molecule has 3 N–H and O–H groups in total. The van der Waals surface area contributed by atoms with E-state index in [1.165, 1.54) is 6.20 Å². The Morgan fingerprint density at radius 1 is 1.39 bits per heavy atom. The molecule has 1 amide bonds. The maximum atomic E-state index is 11.9. The molecule has 1 aromatic carbocycles. The Morgan fingerprint density at radius 2 is 2.09 bits per heavy atom. The Balaban J connectivity index is 1.90. The number of thioether (sulfide) groups is 1. The number of carbonyl (C=O) groups is 1. The molecular formula is C15H16N6OS.